The van der Waals surface area contributed by atoms with Crippen molar-refractivity contribution in [1.29, 1.82) is 0 Å². The molecule has 0 radical (unpaired) electrons. The lowest BCUT2D eigenvalue weighted by Crippen LogP contribution is -2.22. The van der Waals surface area contributed by atoms with Gasteiger partial charge in [0, 0.05) is 12.7 Å². The highest BCUT2D eigenvalue weighted by Crippen LogP contribution is 2.21. The maximum atomic E-state index is 11.5. The van der Waals surface area contributed by atoms with E-state index in [9.17, 15) is 9.90 Å². The van der Waals surface area contributed by atoms with Gasteiger partial charge in [0.05, 0.1) is 0 Å². The molecule has 0 unspecified atom stereocenters. The van der Waals surface area contributed by atoms with E-state index in [2.05, 4.69) is 10.4 Å². The summed E-state index contributed by atoms with van der Waals surface area (Å²) in [6, 6.07) is 4.37. The van der Waals surface area contributed by atoms with Crippen LogP contribution in [0, 0.1) is 0 Å². The molecule has 78 valence electrons. The van der Waals surface area contributed by atoms with Crippen molar-refractivity contribution >= 4 is 5.69 Å². The van der Waals surface area contributed by atoms with Crippen molar-refractivity contribution in [2.24, 2.45) is 7.05 Å². The number of nitrogen functional groups attached to an aromatic ring is 1. The predicted octanol–water partition coefficient (Wildman–Crippen LogP) is -0.746. The van der Waals surface area contributed by atoms with Crippen LogP contribution in [0.15, 0.2) is 23.0 Å². The zero-order chi connectivity index (χ0) is 11.0. The molecular formula is C8H9N5O2. The minimum Gasteiger partial charge on any atom is -0.506 e. The molecule has 1 aromatic carbocycles. The van der Waals surface area contributed by atoms with Crippen LogP contribution in [0.2, 0.25) is 0 Å². The predicted molar refractivity (Wildman–Crippen MR) is 52.7 cm³/mol. The minimum absolute atomic E-state index is 0.0770. The van der Waals surface area contributed by atoms with Crippen molar-refractivity contribution in [3.05, 3.63) is 28.7 Å². The van der Waals surface area contributed by atoms with Gasteiger partial charge >= 0.3 is 5.69 Å². The van der Waals surface area contributed by atoms with Gasteiger partial charge in [0.25, 0.3) is 0 Å². The van der Waals surface area contributed by atoms with Crippen molar-refractivity contribution in [3.63, 3.8) is 0 Å². The molecule has 2 rings (SSSR count). The zero-order valence-electron chi connectivity index (χ0n) is 7.95. The summed E-state index contributed by atoms with van der Waals surface area (Å²) in [5.41, 5.74) is 5.74. The Morgan fingerprint density at radius 2 is 2.13 bits per heavy atom. The number of hydrogen-bond acceptors (Lipinski definition) is 5. The average Bonchev–Trinajstić information content (AvgIpc) is 2.52. The van der Waals surface area contributed by atoms with Crippen molar-refractivity contribution in [2.45, 2.75) is 0 Å². The van der Waals surface area contributed by atoms with E-state index in [0.29, 0.717) is 5.69 Å². The van der Waals surface area contributed by atoms with Crippen LogP contribution >= 0.6 is 0 Å². The fourth-order valence-corrected chi connectivity index (χ4v) is 1.17. The molecule has 2 aromatic rings. The SMILES string of the molecule is Cn1nnn(-c2cc(N)ccc2O)c1=O. The number of aromatic nitrogens is 4. The Labute approximate surface area is 84.3 Å². The molecule has 7 heteroatoms. The molecule has 0 saturated carbocycles. The van der Waals surface area contributed by atoms with Crippen molar-refractivity contribution in [2.75, 3.05) is 5.73 Å². The van der Waals surface area contributed by atoms with Gasteiger partial charge in [-0.2, -0.15) is 9.36 Å². The third kappa shape index (κ3) is 1.43. The molecule has 0 bridgehead atoms. The van der Waals surface area contributed by atoms with Gasteiger partial charge in [-0.15, -0.1) is 0 Å². The van der Waals surface area contributed by atoms with E-state index in [1.165, 1.54) is 25.2 Å². The number of aryl methyl sites for hydroxylation is 1. The van der Waals surface area contributed by atoms with Gasteiger partial charge in [0.1, 0.15) is 11.4 Å². The molecular weight excluding hydrogens is 198 g/mol. The number of hydrogen-bond donors (Lipinski definition) is 2. The highest BCUT2D eigenvalue weighted by Gasteiger charge is 2.10. The molecule has 15 heavy (non-hydrogen) atoms. The van der Waals surface area contributed by atoms with Gasteiger partial charge in [-0.25, -0.2) is 4.79 Å². The smallest absolute Gasteiger partial charge is 0.368 e. The van der Waals surface area contributed by atoms with Crippen LogP contribution in [0.3, 0.4) is 0 Å². The number of aromatic hydroxyl groups is 1. The van der Waals surface area contributed by atoms with E-state index in [4.69, 9.17) is 5.73 Å². The highest BCUT2D eigenvalue weighted by molar-refractivity contribution is 5.54. The first-order valence-corrected chi connectivity index (χ1v) is 4.17. The Bertz CT molecular complexity index is 556. The molecule has 7 nitrogen and oxygen atoms in total. The molecule has 3 N–H and O–H groups in total. The lowest BCUT2D eigenvalue weighted by Gasteiger charge is -2.02. The Morgan fingerprint density at radius 1 is 1.40 bits per heavy atom. The van der Waals surface area contributed by atoms with E-state index < -0.39 is 5.69 Å². The van der Waals surface area contributed by atoms with Crippen LogP contribution in [0.25, 0.3) is 5.69 Å². The summed E-state index contributed by atoms with van der Waals surface area (Å²) in [4.78, 5) is 11.5. The molecule has 0 aliphatic rings. The number of phenols is 1. The topological polar surface area (TPSA) is 99.0 Å². The highest BCUT2D eigenvalue weighted by atomic mass is 16.3. The van der Waals surface area contributed by atoms with Gasteiger partial charge in [-0.05, 0) is 28.6 Å². The largest absolute Gasteiger partial charge is 0.506 e. The minimum atomic E-state index is -0.448. The Balaban J connectivity index is 2.69. The summed E-state index contributed by atoms with van der Waals surface area (Å²) < 4.78 is 2.04. The van der Waals surface area contributed by atoms with Gasteiger partial charge < -0.3 is 10.8 Å². The molecule has 1 aromatic heterocycles. The van der Waals surface area contributed by atoms with Crippen LogP contribution < -0.4 is 11.4 Å². The standard InChI is InChI=1S/C8H9N5O2/c1-12-8(15)13(11-10-12)6-4-5(9)2-3-7(6)14/h2-4,14H,9H2,1H3. The quantitative estimate of drug-likeness (QED) is 0.473. The van der Waals surface area contributed by atoms with E-state index in [1.807, 2.05) is 0 Å². The van der Waals surface area contributed by atoms with Gasteiger partial charge in [-0.1, -0.05) is 0 Å². The Hall–Kier alpha value is -2.31. The number of nitrogens with zero attached hydrogens (tertiary/aromatic N) is 4. The third-order valence-electron chi connectivity index (χ3n) is 1.95. The van der Waals surface area contributed by atoms with Crippen LogP contribution in [0.5, 0.6) is 5.75 Å². The first-order valence-electron chi connectivity index (χ1n) is 4.17. The summed E-state index contributed by atoms with van der Waals surface area (Å²) in [5.74, 6) is -0.0770. The second-order valence-electron chi connectivity index (χ2n) is 3.05. The number of nitrogens with two attached hydrogens (primary N) is 1. The van der Waals surface area contributed by atoms with E-state index in [1.54, 1.807) is 0 Å². The van der Waals surface area contributed by atoms with Crippen LogP contribution in [0.1, 0.15) is 0 Å². The normalized spacial score (nSPS) is 10.5. The number of tetrazole rings is 1. The molecule has 0 fully saturated rings. The average molecular weight is 207 g/mol. The van der Waals surface area contributed by atoms with Crippen molar-refractivity contribution < 1.29 is 5.11 Å². The van der Waals surface area contributed by atoms with E-state index in [0.717, 1.165) is 9.36 Å². The summed E-state index contributed by atoms with van der Waals surface area (Å²) in [6.07, 6.45) is 0. The fourth-order valence-electron chi connectivity index (χ4n) is 1.17. The Morgan fingerprint density at radius 3 is 2.73 bits per heavy atom. The molecule has 0 amide bonds. The number of rotatable bonds is 1. The number of anilines is 1. The fraction of sp³-hybridized carbons (Fsp3) is 0.125. The van der Waals surface area contributed by atoms with Gasteiger partial charge in [-0.3, -0.25) is 0 Å². The number of benzene rings is 1. The molecule has 0 aliphatic heterocycles. The van der Waals surface area contributed by atoms with Gasteiger partial charge in [0.2, 0.25) is 0 Å². The Kier molecular flexibility index (Phi) is 1.93. The first-order chi connectivity index (χ1) is 7.09. The maximum absolute atomic E-state index is 11.5. The molecule has 0 atom stereocenters. The zero-order valence-corrected chi connectivity index (χ0v) is 7.95. The van der Waals surface area contributed by atoms with Crippen LogP contribution in [0.4, 0.5) is 5.69 Å². The number of phenolic OH excluding ortho intramolecular Hbond substituents is 1. The molecule has 0 saturated heterocycles. The third-order valence-corrected chi connectivity index (χ3v) is 1.95. The second kappa shape index (κ2) is 3.12. The lowest BCUT2D eigenvalue weighted by molar-refractivity contribution is 0.469. The van der Waals surface area contributed by atoms with E-state index >= 15 is 0 Å². The van der Waals surface area contributed by atoms with Crippen molar-refractivity contribution in [3.8, 4) is 11.4 Å². The summed E-state index contributed by atoms with van der Waals surface area (Å²) >= 11 is 0. The second-order valence-corrected chi connectivity index (χ2v) is 3.05. The van der Waals surface area contributed by atoms with Crippen molar-refractivity contribution in [1.82, 2.24) is 19.8 Å². The summed E-state index contributed by atoms with van der Waals surface area (Å²) in [6.45, 7) is 0. The monoisotopic (exact) mass is 207 g/mol. The first kappa shape index (κ1) is 9.25. The van der Waals surface area contributed by atoms with Crippen LogP contribution in [-0.4, -0.2) is 24.9 Å². The molecule has 0 aliphatic carbocycles. The molecule has 1 heterocycles. The molecule has 0 spiro atoms. The van der Waals surface area contributed by atoms with Gasteiger partial charge in [0.15, 0.2) is 0 Å². The summed E-state index contributed by atoms with van der Waals surface area (Å²) in [7, 11) is 1.47. The lowest BCUT2D eigenvalue weighted by atomic mass is 10.2. The van der Waals surface area contributed by atoms with Crippen LogP contribution in [-0.2, 0) is 7.05 Å². The summed E-state index contributed by atoms with van der Waals surface area (Å²) in [5, 5.41) is 16.6. The van der Waals surface area contributed by atoms with E-state index in [-0.39, 0.29) is 11.4 Å². The maximum Gasteiger partial charge on any atom is 0.368 e.